The van der Waals surface area contributed by atoms with Crippen molar-refractivity contribution in [2.45, 2.75) is 59.4 Å². The molecule has 2 aromatic rings. The molecule has 2 amide bonds. The molecule has 0 heterocycles. The van der Waals surface area contributed by atoms with E-state index >= 15 is 0 Å². The van der Waals surface area contributed by atoms with Crippen LogP contribution >= 0.6 is 11.8 Å². The van der Waals surface area contributed by atoms with Gasteiger partial charge in [-0.15, -0.1) is 11.8 Å². The largest absolute Gasteiger partial charge is 0.354 e. The summed E-state index contributed by atoms with van der Waals surface area (Å²) in [7, 11) is 0. The lowest BCUT2D eigenvalue weighted by Gasteiger charge is -2.29. The molecule has 0 aliphatic carbocycles. The van der Waals surface area contributed by atoms with Crippen LogP contribution in [0.3, 0.4) is 0 Å². The van der Waals surface area contributed by atoms with Crippen LogP contribution < -0.4 is 5.32 Å². The van der Waals surface area contributed by atoms with Gasteiger partial charge < -0.3 is 10.2 Å². The summed E-state index contributed by atoms with van der Waals surface area (Å²) in [4.78, 5) is 27.4. The predicted molar refractivity (Wildman–Crippen MR) is 127 cm³/mol. The molecule has 1 N–H and O–H groups in total. The second-order valence-corrected chi connectivity index (χ2v) is 8.95. The van der Waals surface area contributed by atoms with Crippen molar-refractivity contribution in [3.05, 3.63) is 70.3 Å². The average molecular weight is 427 g/mol. The topological polar surface area (TPSA) is 49.4 Å². The third-order valence-corrected chi connectivity index (χ3v) is 5.92. The molecular weight excluding hydrogens is 392 g/mol. The van der Waals surface area contributed by atoms with E-state index in [9.17, 15) is 9.59 Å². The van der Waals surface area contributed by atoms with Crippen LogP contribution in [0.25, 0.3) is 0 Å². The highest BCUT2D eigenvalue weighted by atomic mass is 32.2. The fraction of sp³-hybridized carbons (Fsp3) is 0.440. The maximum atomic E-state index is 13.1. The second-order valence-electron chi connectivity index (χ2n) is 7.97. The number of amides is 2. The van der Waals surface area contributed by atoms with Crippen LogP contribution in [0.15, 0.2) is 42.5 Å². The first kappa shape index (κ1) is 24.0. The first-order valence-electron chi connectivity index (χ1n) is 10.6. The SMILES string of the molecule is CCCNC(=O)C(C)N(Cc1cccc(C)c1)C(=O)CSCc1cc(C)cc(C)c1. The number of thioether (sulfide) groups is 1. The summed E-state index contributed by atoms with van der Waals surface area (Å²) >= 11 is 1.60. The lowest BCUT2D eigenvalue weighted by molar-refractivity contribution is -0.138. The van der Waals surface area contributed by atoms with Gasteiger partial charge in [0.05, 0.1) is 5.75 Å². The number of hydrogen-bond acceptors (Lipinski definition) is 3. The van der Waals surface area contributed by atoms with Gasteiger partial charge in [-0.2, -0.15) is 0 Å². The van der Waals surface area contributed by atoms with Gasteiger partial charge in [-0.3, -0.25) is 9.59 Å². The highest BCUT2D eigenvalue weighted by Crippen LogP contribution is 2.18. The molecule has 0 aliphatic rings. The van der Waals surface area contributed by atoms with Crippen molar-refractivity contribution in [2.75, 3.05) is 12.3 Å². The Morgan fingerprint density at radius 3 is 2.30 bits per heavy atom. The number of hydrogen-bond donors (Lipinski definition) is 1. The molecule has 1 unspecified atom stereocenters. The fourth-order valence-electron chi connectivity index (χ4n) is 3.48. The van der Waals surface area contributed by atoms with Crippen LogP contribution in [0.4, 0.5) is 0 Å². The molecule has 0 fully saturated rings. The molecule has 162 valence electrons. The minimum atomic E-state index is -0.508. The smallest absolute Gasteiger partial charge is 0.242 e. The molecule has 0 bridgehead atoms. The lowest BCUT2D eigenvalue weighted by Crippen LogP contribution is -2.48. The molecule has 30 heavy (non-hydrogen) atoms. The Bertz CT molecular complexity index is 846. The van der Waals surface area contributed by atoms with Crippen LogP contribution in [-0.4, -0.2) is 35.1 Å². The Kier molecular flexibility index (Phi) is 9.44. The van der Waals surface area contributed by atoms with E-state index in [-0.39, 0.29) is 11.8 Å². The Balaban J connectivity index is 2.07. The van der Waals surface area contributed by atoms with Gasteiger partial charge in [0.2, 0.25) is 11.8 Å². The van der Waals surface area contributed by atoms with E-state index in [1.807, 2.05) is 39.0 Å². The van der Waals surface area contributed by atoms with Gasteiger partial charge in [-0.05, 0) is 45.2 Å². The first-order valence-corrected chi connectivity index (χ1v) is 11.7. The molecule has 0 spiro atoms. The van der Waals surface area contributed by atoms with Gasteiger partial charge in [0, 0.05) is 18.8 Å². The molecule has 0 saturated heterocycles. The van der Waals surface area contributed by atoms with Crippen molar-refractivity contribution in [1.29, 1.82) is 0 Å². The molecule has 5 heteroatoms. The molecule has 0 radical (unpaired) electrons. The summed E-state index contributed by atoms with van der Waals surface area (Å²) in [5, 5.41) is 2.92. The minimum Gasteiger partial charge on any atom is -0.354 e. The van der Waals surface area contributed by atoms with Crippen molar-refractivity contribution in [3.8, 4) is 0 Å². The third-order valence-electron chi connectivity index (χ3n) is 4.93. The Morgan fingerprint density at radius 2 is 1.67 bits per heavy atom. The molecule has 0 saturated carbocycles. The molecule has 2 rings (SSSR count). The third kappa shape index (κ3) is 7.52. The number of nitrogens with one attached hydrogen (secondary N) is 1. The maximum absolute atomic E-state index is 13.1. The summed E-state index contributed by atoms with van der Waals surface area (Å²) in [6.07, 6.45) is 0.871. The van der Waals surface area contributed by atoms with Crippen LogP contribution in [0, 0.1) is 20.8 Å². The Hall–Kier alpha value is -2.27. The standard InChI is InChI=1S/C25H34N2O2S/c1-6-10-26-25(29)21(5)27(15-22-9-7-8-18(2)12-22)24(28)17-30-16-23-13-19(3)11-20(4)14-23/h7-9,11-14,21H,6,10,15-17H2,1-5H3,(H,26,29). The molecule has 4 nitrogen and oxygen atoms in total. The van der Waals surface area contributed by atoms with E-state index in [0.717, 1.165) is 23.3 Å². The van der Waals surface area contributed by atoms with Crippen molar-refractivity contribution < 1.29 is 9.59 Å². The van der Waals surface area contributed by atoms with E-state index in [2.05, 4.69) is 43.4 Å². The maximum Gasteiger partial charge on any atom is 0.242 e. The van der Waals surface area contributed by atoms with Gasteiger partial charge in [0.25, 0.3) is 0 Å². The summed E-state index contributed by atoms with van der Waals surface area (Å²) in [6.45, 7) is 11.1. The van der Waals surface area contributed by atoms with E-state index in [1.165, 1.54) is 16.7 Å². The summed E-state index contributed by atoms with van der Waals surface area (Å²) < 4.78 is 0. The summed E-state index contributed by atoms with van der Waals surface area (Å²) in [5.74, 6) is 1.02. The number of nitrogens with zero attached hydrogens (tertiary/aromatic N) is 1. The van der Waals surface area contributed by atoms with Gasteiger partial charge in [0.15, 0.2) is 0 Å². The van der Waals surface area contributed by atoms with Crippen LogP contribution in [-0.2, 0) is 21.9 Å². The predicted octanol–water partition coefficient (Wildman–Crippen LogP) is 4.79. The van der Waals surface area contributed by atoms with Crippen molar-refractivity contribution in [2.24, 2.45) is 0 Å². The van der Waals surface area contributed by atoms with E-state index < -0.39 is 6.04 Å². The highest BCUT2D eigenvalue weighted by Gasteiger charge is 2.25. The highest BCUT2D eigenvalue weighted by molar-refractivity contribution is 7.99. The van der Waals surface area contributed by atoms with Crippen molar-refractivity contribution in [3.63, 3.8) is 0 Å². The zero-order valence-corrected chi connectivity index (χ0v) is 19.6. The molecule has 0 aliphatic heterocycles. The van der Waals surface area contributed by atoms with Crippen molar-refractivity contribution >= 4 is 23.6 Å². The van der Waals surface area contributed by atoms with Crippen LogP contribution in [0.5, 0.6) is 0 Å². The van der Waals surface area contributed by atoms with Crippen LogP contribution in [0.1, 0.15) is 48.1 Å². The van der Waals surface area contributed by atoms with E-state index in [4.69, 9.17) is 0 Å². The molecular formula is C25H34N2O2S. The number of rotatable bonds is 10. The van der Waals surface area contributed by atoms with Gasteiger partial charge >= 0.3 is 0 Å². The normalized spacial score (nSPS) is 11.8. The van der Waals surface area contributed by atoms with Gasteiger partial charge in [-0.1, -0.05) is 66.1 Å². The quantitative estimate of drug-likeness (QED) is 0.594. The van der Waals surface area contributed by atoms with Gasteiger partial charge in [0.1, 0.15) is 6.04 Å². The summed E-state index contributed by atoms with van der Waals surface area (Å²) in [5.41, 5.74) is 5.88. The minimum absolute atomic E-state index is 0.00923. The monoisotopic (exact) mass is 426 g/mol. The Morgan fingerprint density at radius 1 is 1.00 bits per heavy atom. The molecule has 0 aromatic heterocycles. The van der Waals surface area contributed by atoms with Crippen molar-refractivity contribution in [1.82, 2.24) is 10.2 Å². The van der Waals surface area contributed by atoms with E-state index in [0.29, 0.717) is 18.8 Å². The Labute approximate surface area is 185 Å². The number of carbonyl (C=O) groups is 2. The summed E-state index contributed by atoms with van der Waals surface area (Å²) in [6, 6.07) is 14.1. The number of aryl methyl sites for hydroxylation is 3. The lowest BCUT2D eigenvalue weighted by atomic mass is 10.1. The average Bonchev–Trinajstić information content (AvgIpc) is 2.69. The first-order chi connectivity index (χ1) is 14.3. The molecule has 2 aromatic carbocycles. The number of benzene rings is 2. The zero-order valence-electron chi connectivity index (χ0n) is 18.8. The fourth-order valence-corrected chi connectivity index (χ4v) is 4.32. The zero-order chi connectivity index (χ0) is 22.1. The van der Waals surface area contributed by atoms with E-state index in [1.54, 1.807) is 16.7 Å². The van der Waals surface area contributed by atoms with Gasteiger partial charge in [-0.25, -0.2) is 0 Å². The molecule has 1 atom stereocenters. The second kappa shape index (κ2) is 11.8. The van der Waals surface area contributed by atoms with Crippen LogP contribution in [0.2, 0.25) is 0 Å². The number of carbonyl (C=O) groups excluding carboxylic acids is 2.